The first kappa shape index (κ1) is 23.4. The largest absolute Gasteiger partial charge is 0.364 e. The molecule has 1 aromatic heterocycles. The van der Waals surface area contributed by atoms with Crippen molar-refractivity contribution in [2.75, 3.05) is 39.3 Å². The van der Waals surface area contributed by atoms with E-state index in [4.69, 9.17) is 4.84 Å². The van der Waals surface area contributed by atoms with Gasteiger partial charge in [0.2, 0.25) is 0 Å². The summed E-state index contributed by atoms with van der Waals surface area (Å²) in [7, 11) is 0. The van der Waals surface area contributed by atoms with Crippen molar-refractivity contribution in [3.8, 4) is 5.69 Å². The fourth-order valence-corrected chi connectivity index (χ4v) is 5.18. The maximum absolute atomic E-state index is 12.8. The molecule has 0 atom stereocenters. The standard InChI is InChI=1S/C29H29N5O3/c1-21-30-26-18-23(12-13-27(26)34(21)24-10-6-3-7-11-24)29(36)37-33-19-25(20-33)31-14-16-32(17-15-31)28(35)22-8-4-2-5-9-22/h2-13,18,25H,14-17,19-20H2,1H3. The van der Waals surface area contributed by atoms with Crippen molar-refractivity contribution in [2.45, 2.75) is 13.0 Å². The highest BCUT2D eigenvalue weighted by Crippen LogP contribution is 2.24. The Morgan fingerprint density at radius 1 is 0.838 bits per heavy atom. The number of para-hydroxylation sites is 1. The molecule has 4 aromatic rings. The third-order valence-electron chi connectivity index (χ3n) is 7.25. The summed E-state index contributed by atoms with van der Waals surface area (Å²) >= 11 is 0. The Kier molecular flexibility index (Phi) is 6.20. The number of piperazine rings is 1. The predicted molar refractivity (Wildman–Crippen MR) is 141 cm³/mol. The first-order valence-electron chi connectivity index (χ1n) is 12.7. The lowest BCUT2D eigenvalue weighted by Crippen LogP contribution is -2.63. The summed E-state index contributed by atoms with van der Waals surface area (Å²) in [5.41, 5.74) is 3.98. The Hall–Kier alpha value is -4.01. The van der Waals surface area contributed by atoms with Crippen LogP contribution in [0, 0.1) is 6.92 Å². The van der Waals surface area contributed by atoms with E-state index < -0.39 is 0 Å². The van der Waals surface area contributed by atoms with E-state index >= 15 is 0 Å². The van der Waals surface area contributed by atoms with Gasteiger partial charge in [-0.25, -0.2) is 9.78 Å². The summed E-state index contributed by atoms with van der Waals surface area (Å²) in [6, 6.07) is 25.3. The molecule has 1 amide bonds. The Labute approximate surface area is 215 Å². The number of benzene rings is 3. The Morgan fingerprint density at radius 3 is 2.22 bits per heavy atom. The first-order chi connectivity index (χ1) is 18.1. The Bertz CT molecular complexity index is 1420. The number of carbonyl (C=O) groups excluding carboxylic acids is 2. The lowest BCUT2D eigenvalue weighted by Gasteiger charge is -2.46. The summed E-state index contributed by atoms with van der Waals surface area (Å²) < 4.78 is 2.08. The van der Waals surface area contributed by atoms with Crippen LogP contribution in [-0.4, -0.2) is 81.6 Å². The number of amides is 1. The molecule has 2 fully saturated rings. The van der Waals surface area contributed by atoms with E-state index in [-0.39, 0.29) is 11.9 Å². The molecular weight excluding hydrogens is 466 g/mol. The number of rotatable bonds is 5. The summed E-state index contributed by atoms with van der Waals surface area (Å²) in [5, 5.41) is 1.71. The van der Waals surface area contributed by atoms with Crippen molar-refractivity contribution >= 4 is 22.9 Å². The maximum Gasteiger partial charge on any atom is 0.357 e. The maximum atomic E-state index is 12.8. The van der Waals surface area contributed by atoms with Crippen LogP contribution in [0.5, 0.6) is 0 Å². The lowest BCUT2D eigenvalue weighted by atomic mass is 10.1. The average Bonchev–Trinajstić information content (AvgIpc) is 3.26. The molecule has 188 valence electrons. The molecule has 0 N–H and O–H groups in total. The zero-order valence-corrected chi connectivity index (χ0v) is 20.8. The van der Waals surface area contributed by atoms with Crippen molar-refractivity contribution in [3.05, 3.63) is 95.8 Å². The van der Waals surface area contributed by atoms with Crippen LogP contribution >= 0.6 is 0 Å². The molecule has 3 heterocycles. The molecule has 0 radical (unpaired) electrons. The molecule has 37 heavy (non-hydrogen) atoms. The second-order valence-electron chi connectivity index (χ2n) is 9.61. The van der Waals surface area contributed by atoms with Gasteiger partial charge in [0.05, 0.1) is 29.7 Å². The minimum absolute atomic E-state index is 0.0881. The molecule has 6 rings (SSSR count). The smallest absolute Gasteiger partial charge is 0.357 e. The fourth-order valence-electron chi connectivity index (χ4n) is 5.18. The molecular formula is C29H29N5O3. The monoisotopic (exact) mass is 495 g/mol. The molecule has 0 saturated carbocycles. The van der Waals surface area contributed by atoms with Crippen LogP contribution in [0.1, 0.15) is 26.5 Å². The highest BCUT2D eigenvalue weighted by Gasteiger charge is 2.36. The van der Waals surface area contributed by atoms with E-state index in [0.29, 0.717) is 37.8 Å². The summed E-state index contributed by atoms with van der Waals surface area (Å²) in [6.45, 7) is 6.36. The SMILES string of the molecule is Cc1nc2cc(C(=O)ON3CC(N4CCN(C(=O)c5ccccc5)CC4)C3)ccc2n1-c1ccccc1. The van der Waals surface area contributed by atoms with Crippen LogP contribution in [0.3, 0.4) is 0 Å². The number of carbonyl (C=O) groups is 2. The number of hydroxylamine groups is 2. The van der Waals surface area contributed by atoms with Gasteiger partial charge in [-0.05, 0) is 49.4 Å². The quantitative estimate of drug-likeness (QED) is 0.422. The van der Waals surface area contributed by atoms with Gasteiger partial charge in [0.15, 0.2) is 0 Å². The zero-order valence-electron chi connectivity index (χ0n) is 20.8. The van der Waals surface area contributed by atoms with E-state index in [1.807, 2.05) is 78.6 Å². The van der Waals surface area contributed by atoms with Gasteiger partial charge in [-0.15, -0.1) is 5.06 Å². The number of aromatic nitrogens is 2. The summed E-state index contributed by atoms with van der Waals surface area (Å²) in [5.74, 6) is 0.582. The molecule has 0 spiro atoms. The fraction of sp³-hybridized carbons (Fsp3) is 0.276. The number of imidazole rings is 1. The van der Waals surface area contributed by atoms with Gasteiger partial charge in [0.25, 0.3) is 5.91 Å². The second kappa shape index (κ2) is 9.80. The number of nitrogens with zero attached hydrogens (tertiary/aromatic N) is 5. The summed E-state index contributed by atoms with van der Waals surface area (Å²) in [4.78, 5) is 40.1. The highest BCUT2D eigenvalue weighted by atomic mass is 16.7. The van der Waals surface area contributed by atoms with Gasteiger partial charge >= 0.3 is 5.97 Å². The van der Waals surface area contributed by atoms with Crippen molar-refractivity contribution in [3.63, 3.8) is 0 Å². The normalized spacial score (nSPS) is 17.1. The molecule has 2 aliphatic rings. The zero-order chi connectivity index (χ0) is 25.4. The van der Waals surface area contributed by atoms with E-state index in [1.54, 1.807) is 17.2 Å². The van der Waals surface area contributed by atoms with E-state index in [2.05, 4.69) is 14.5 Å². The van der Waals surface area contributed by atoms with Crippen LogP contribution in [0.15, 0.2) is 78.9 Å². The molecule has 2 saturated heterocycles. The van der Waals surface area contributed by atoms with Gasteiger partial charge in [-0.2, -0.15) is 0 Å². The lowest BCUT2D eigenvalue weighted by molar-refractivity contribution is -0.182. The number of aryl methyl sites for hydroxylation is 1. The Morgan fingerprint density at radius 2 is 1.51 bits per heavy atom. The van der Waals surface area contributed by atoms with Gasteiger partial charge in [-0.3, -0.25) is 14.3 Å². The molecule has 0 unspecified atom stereocenters. The van der Waals surface area contributed by atoms with Gasteiger partial charge in [0, 0.05) is 43.5 Å². The number of fused-ring (bicyclic) bond motifs is 1. The van der Waals surface area contributed by atoms with Crippen LogP contribution < -0.4 is 0 Å². The third kappa shape index (κ3) is 4.61. The molecule has 8 heteroatoms. The van der Waals surface area contributed by atoms with Crippen molar-refractivity contribution in [1.82, 2.24) is 24.4 Å². The van der Waals surface area contributed by atoms with Gasteiger partial charge < -0.3 is 9.74 Å². The molecule has 2 aliphatic heterocycles. The average molecular weight is 496 g/mol. The van der Waals surface area contributed by atoms with Crippen LogP contribution in [-0.2, 0) is 4.84 Å². The highest BCUT2D eigenvalue weighted by molar-refractivity contribution is 5.94. The minimum Gasteiger partial charge on any atom is -0.364 e. The van der Waals surface area contributed by atoms with E-state index in [1.165, 1.54) is 0 Å². The van der Waals surface area contributed by atoms with E-state index in [0.717, 1.165) is 41.2 Å². The topological polar surface area (TPSA) is 70.9 Å². The minimum atomic E-state index is -0.370. The van der Waals surface area contributed by atoms with Crippen LogP contribution in [0.4, 0.5) is 0 Å². The van der Waals surface area contributed by atoms with Crippen LogP contribution in [0.2, 0.25) is 0 Å². The van der Waals surface area contributed by atoms with Gasteiger partial charge in [-0.1, -0.05) is 36.4 Å². The predicted octanol–water partition coefficient (Wildman–Crippen LogP) is 3.55. The second-order valence-corrected chi connectivity index (χ2v) is 9.61. The molecule has 0 aliphatic carbocycles. The number of hydrogen-bond acceptors (Lipinski definition) is 6. The molecule has 3 aromatic carbocycles. The van der Waals surface area contributed by atoms with E-state index in [9.17, 15) is 9.59 Å². The number of hydrogen-bond donors (Lipinski definition) is 0. The Balaban J connectivity index is 1.03. The first-order valence-corrected chi connectivity index (χ1v) is 12.7. The van der Waals surface area contributed by atoms with Crippen molar-refractivity contribution in [1.29, 1.82) is 0 Å². The van der Waals surface area contributed by atoms with Crippen molar-refractivity contribution < 1.29 is 14.4 Å². The van der Waals surface area contributed by atoms with Crippen molar-refractivity contribution in [2.24, 2.45) is 0 Å². The van der Waals surface area contributed by atoms with Crippen LogP contribution in [0.25, 0.3) is 16.7 Å². The molecule has 8 nitrogen and oxygen atoms in total. The third-order valence-corrected chi connectivity index (χ3v) is 7.25. The van der Waals surface area contributed by atoms with Gasteiger partial charge in [0.1, 0.15) is 5.82 Å². The summed E-state index contributed by atoms with van der Waals surface area (Å²) in [6.07, 6.45) is 0. The molecule has 0 bridgehead atoms.